The van der Waals surface area contributed by atoms with Crippen LogP contribution in [0.5, 0.6) is 0 Å². The maximum absolute atomic E-state index is 5.71. The molecule has 2 heteroatoms. The molecule has 19 heavy (non-hydrogen) atoms. The highest BCUT2D eigenvalue weighted by Crippen LogP contribution is 2.27. The van der Waals surface area contributed by atoms with Crippen LogP contribution in [0.15, 0.2) is 24.3 Å². The lowest BCUT2D eigenvalue weighted by molar-refractivity contribution is 0.178. The number of benzene rings is 1. The molecule has 0 amide bonds. The molecule has 0 spiro atoms. The van der Waals surface area contributed by atoms with Crippen LogP contribution in [-0.2, 0) is 6.54 Å². The Kier molecular flexibility index (Phi) is 5.41. The third-order valence-electron chi connectivity index (χ3n) is 4.50. The van der Waals surface area contributed by atoms with E-state index >= 15 is 0 Å². The Morgan fingerprint density at radius 2 is 1.95 bits per heavy atom. The van der Waals surface area contributed by atoms with Gasteiger partial charge in [0.2, 0.25) is 0 Å². The van der Waals surface area contributed by atoms with E-state index in [0.29, 0.717) is 5.92 Å². The molecule has 0 aromatic heterocycles. The molecule has 1 aliphatic carbocycles. The Hall–Kier alpha value is -0.860. The molecule has 1 aliphatic rings. The first-order valence-electron chi connectivity index (χ1n) is 7.74. The van der Waals surface area contributed by atoms with Crippen LogP contribution in [0, 0.1) is 5.92 Å². The maximum atomic E-state index is 5.71. The van der Waals surface area contributed by atoms with E-state index in [-0.39, 0.29) is 0 Å². The highest BCUT2D eigenvalue weighted by molar-refractivity contribution is 5.25. The van der Waals surface area contributed by atoms with Crippen molar-refractivity contribution in [1.82, 2.24) is 4.90 Å². The van der Waals surface area contributed by atoms with Gasteiger partial charge in [0.15, 0.2) is 0 Å². The van der Waals surface area contributed by atoms with Gasteiger partial charge in [0.05, 0.1) is 0 Å². The van der Waals surface area contributed by atoms with E-state index in [1.807, 2.05) is 0 Å². The van der Waals surface area contributed by atoms with Crippen molar-refractivity contribution in [3.8, 4) is 0 Å². The fraction of sp³-hybridized carbons (Fsp3) is 0.647. The Bertz CT molecular complexity index is 367. The average molecular weight is 260 g/mol. The first-order valence-corrected chi connectivity index (χ1v) is 7.74. The molecule has 1 saturated carbocycles. The molecule has 1 atom stereocenters. The van der Waals surface area contributed by atoms with Gasteiger partial charge in [-0.25, -0.2) is 0 Å². The van der Waals surface area contributed by atoms with Crippen LogP contribution in [-0.4, -0.2) is 24.5 Å². The Morgan fingerprint density at radius 3 is 2.42 bits per heavy atom. The van der Waals surface area contributed by atoms with Gasteiger partial charge in [0, 0.05) is 13.1 Å². The lowest BCUT2D eigenvalue weighted by atomic mass is 9.85. The summed E-state index contributed by atoms with van der Waals surface area (Å²) >= 11 is 0. The smallest absolute Gasteiger partial charge is 0.0233 e. The van der Waals surface area contributed by atoms with Crippen LogP contribution < -0.4 is 5.73 Å². The summed E-state index contributed by atoms with van der Waals surface area (Å²) in [6.45, 7) is 8.69. The van der Waals surface area contributed by atoms with E-state index in [0.717, 1.165) is 25.6 Å². The van der Waals surface area contributed by atoms with Crippen molar-refractivity contribution in [2.24, 2.45) is 11.7 Å². The monoisotopic (exact) mass is 260 g/mol. The quantitative estimate of drug-likeness (QED) is 0.814. The van der Waals surface area contributed by atoms with Crippen molar-refractivity contribution in [2.75, 3.05) is 19.6 Å². The van der Waals surface area contributed by atoms with Crippen molar-refractivity contribution in [3.05, 3.63) is 35.4 Å². The first-order chi connectivity index (χ1) is 9.22. The fourth-order valence-corrected chi connectivity index (χ4v) is 2.69. The average Bonchev–Trinajstić information content (AvgIpc) is 2.41. The zero-order valence-corrected chi connectivity index (χ0v) is 12.4. The minimum atomic E-state index is 0.464. The van der Waals surface area contributed by atoms with Gasteiger partial charge in [-0.1, -0.05) is 44.5 Å². The van der Waals surface area contributed by atoms with Crippen molar-refractivity contribution in [1.29, 1.82) is 0 Å². The molecule has 1 aromatic rings. The second-order valence-electron chi connectivity index (χ2n) is 6.00. The van der Waals surface area contributed by atoms with Gasteiger partial charge in [0.25, 0.3) is 0 Å². The van der Waals surface area contributed by atoms with E-state index in [9.17, 15) is 0 Å². The van der Waals surface area contributed by atoms with E-state index in [2.05, 4.69) is 43.0 Å². The Morgan fingerprint density at radius 1 is 1.26 bits per heavy atom. The predicted molar refractivity (Wildman–Crippen MR) is 82.2 cm³/mol. The molecule has 0 aliphatic heterocycles. The maximum Gasteiger partial charge on any atom is 0.0233 e. The zero-order chi connectivity index (χ0) is 13.7. The van der Waals surface area contributed by atoms with Crippen LogP contribution in [0.1, 0.15) is 50.2 Å². The van der Waals surface area contributed by atoms with Crippen LogP contribution >= 0.6 is 0 Å². The van der Waals surface area contributed by atoms with Gasteiger partial charge in [-0.2, -0.15) is 0 Å². The third-order valence-corrected chi connectivity index (χ3v) is 4.50. The van der Waals surface area contributed by atoms with Crippen LogP contribution in [0.2, 0.25) is 0 Å². The molecule has 2 rings (SSSR count). The van der Waals surface area contributed by atoms with Gasteiger partial charge >= 0.3 is 0 Å². The molecule has 0 radical (unpaired) electrons. The molecular formula is C17H28N2. The van der Waals surface area contributed by atoms with Gasteiger partial charge in [-0.3, -0.25) is 4.90 Å². The lowest BCUT2D eigenvalue weighted by Gasteiger charge is -2.31. The standard InChI is InChI=1S/C17H28N2/c1-3-19(12-15-5-4-6-15)13-16-7-9-17(10-8-16)14(2)11-18/h7-10,14-15H,3-6,11-13,18H2,1-2H3. The Balaban J connectivity index is 1.89. The van der Waals surface area contributed by atoms with Crippen LogP contribution in [0.25, 0.3) is 0 Å². The molecule has 0 saturated heterocycles. The molecule has 2 nitrogen and oxygen atoms in total. The second kappa shape index (κ2) is 7.06. The summed E-state index contributed by atoms with van der Waals surface area (Å²) in [6, 6.07) is 9.02. The van der Waals surface area contributed by atoms with Crippen molar-refractivity contribution in [2.45, 2.75) is 45.6 Å². The molecule has 0 bridgehead atoms. The molecule has 2 N–H and O–H groups in total. The van der Waals surface area contributed by atoms with E-state index in [4.69, 9.17) is 5.73 Å². The van der Waals surface area contributed by atoms with Gasteiger partial charge < -0.3 is 5.73 Å². The highest BCUT2D eigenvalue weighted by Gasteiger charge is 2.19. The predicted octanol–water partition coefficient (Wildman–Crippen LogP) is 3.37. The molecular weight excluding hydrogens is 232 g/mol. The molecule has 1 fully saturated rings. The largest absolute Gasteiger partial charge is 0.330 e. The third kappa shape index (κ3) is 4.05. The summed E-state index contributed by atoms with van der Waals surface area (Å²) in [5.74, 6) is 1.42. The zero-order valence-electron chi connectivity index (χ0n) is 12.4. The number of nitrogens with two attached hydrogens (primary N) is 1. The molecule has 0 heterocycles. The summed E-state index contributed by atoms with van der Waals surface area (Å²) < 4.78 is 0. The Labute approximate surface area is 118 Å². The summed E-state index contributed by atoms with van der Waals surface area (Å²) in [4.78, 5) is 2.57. The minimum absolute atomic E-state index is 0.464. The van der Waals surface area contributed by atoms with Crippen LogP contribution in [0.3, 0.4) is 0 Å². The SMILES string of the molecule is CCN(Cc1ccc(C(C)CN)cc1)CC1CCC1. The van der Waals surface area contributed by atoms with Gasteiger partial charge in [-0.05, 0) is 48.9 Å². The minimum Gasteiger partial charge on any atom is -0.330 e. The number of rotatable bonds is 7. The number of hydrogen-bond acceptors (Lipinski definition) is 2. The molecule has 1 unspecified atom stereocenters. The number of hydrogen-bond donors (Lipinski definition) is 1. The fourth-order valence-electron chi connectivity index (χ4n) is 2.69. The summed E-state index contributed by atoms with van der Waals surface area (Å²) in [6.07, 6.45) is 4.31. The summed E-state index contributed by atoms with van der Waals surface area (Å²) in [7, 11) is 0. The molecule has 1 aromatic carbocycles. The number of nitrogens with zero attached hydrogens (tertiary/aromatic N) is 1. The van der Waals surface area contributed by atoms with Gasteiger partial charge in [-0.15, -0.1) is 0 Å². The van der Waals surface area contributed by atoms with Gasteiger partial charge in [0.1, 0.15) is 0 Å². The highest BCUT2D eigenvalue weighted by atomic mass is 15.1. The van der Waals surface area contributed by atoms with Crippen molar-refractivity contribution >= 4 is 0 Å². The van der Waals surface area contributed by atoms with Crippen molar-refractivity contribution in [3.63, 3.8) is 0 Å². The summed E-state index contributed by atoms with van der Waals surface area (Å²) in [5, 5.41) is 0. The first kappa shape index (κ1) is 14.5. The summed E-state index contributed by atoms with van der Waals surface area (Å²) in [5.41, 5.74) is 8.49. The lowest BCUT2D eigenvalue weighted by Crippen LogP contribution is -2.32. The van der Waals surface area contributed by atoms with Crippen LogP contribution in [0.4, 0.5) is 0 Å². The van der Waals surface area contributed by atoms with E-state index in [1.54, 1.807) is 0 Å². The van der Waals surface area contributed by atoms with Crippen molar-refractivity contribution < 1.29 is 0 Å². The molecule has 106 valence electrons. The van der Waals surface area contributed by atoms with E-state index in [1.165, 1.54) is 36.9 Å². The topological polar surface area (TPSA) is 29.3 Å². The normalized spacial score (nSPS) is 17.5. The van der Waals surface area contributed by atoms with E-state index < -0.39 is 0 Å². The second-order valence-corrected chi connectivity index (χ2v) is 6.00.